The Morgan fingerprint density at radius 3 is 2.27 bits per heavy atom. The second-order valence-corrected chi connectivity index (χ2v) is 7.96. The Morgan fingerprint density at radius 1 is 1.14 bits per heavy atom. The molecule has 5 nitrogen and oxygen atoms in total. The molecule has 0 aliphatic carbocycles. The van der Waals surface area contributed by atoms with E-state index in [9.17, 15) is 8.42 Å². The minimum atomic E-state index is -3.37. The molecule has 1 heterocycles. The van der Waals surface area contributed by atoms with Crippen LogP contribution in [0.1, 0.15) is 36.4 Å². The molecule has 1 aliphatic rings. The second kappa shape index (κ2) is 7.55. The smallest absolute Gasteiger partial charge is 0.279 e. The lowest BCUT2D eigenvalue weighted by molar-refractivity contribution is 0.293. The third-order valence-corrected chi connectivity index (χ3v) is 5.78. The van der Waals surface area contributed by atoms with E-state index in [0.29, 0.717) is 19.6 Å². The highest BCUT2D eigenvalue weighted by Gasteiger charge is 2.25. The Labute approximate surface area is 134 Å². The Hall–Kier alpha value is -0.950. The third-order valence-electron chi connectivity index (χ3n) is 4.20. The largest absolute Gasteiger partial charge is 0.301 e. The van der Waals surface area contributed by atoms with Gasteiger partial charge in [0.1, 0.15) is 0 Å². The Bertz CT molecular complexity index is 564. The number of piperidine rings is 1. The molecule has 1 saturated heterocycles. The number of likely N-dealkylation sites (N-methyl/N-ethyl adjacent to an activating group) is 1. The van der Waals surface area contributed by atoms with E-state index in [1.54, 1.807) is 4.31 Å². The molecule has 0 saturated carbocycles. The van der Waals surface area contributed by atoms with Crippen molar-refractivity contribution in [3.05, 3.63) is 35.4 Å². The summed E-state index contributed by atoms with van der Waals surface area (Å²) in [6.07, 6.45) is 3.03. The fourth-order valence-corrected chi connectivity index (χ4v) is 4.06. The predicted molar refractivity (Wildman–Crippen MR) is 90.0 cm³/mol. The summed E-state index contributed by atoms with van der Waals surface area (Å²) < 4.78 is 29.1. The van der Waals surface area contributed by atoms with Gasteiger partial charge in [0.25, 0.3) is 10.2 Å². The van der Waals surface area contributed by atoms with Gasteiger partial charge in [0.15, 0.2) is 0 Å². The van der Waals surface area contributed by atoms with Gasteiger partial charge in [-0.25, -0.2) is 4.72 Å². The first-order valence-electron chi connectivity index (χ1n) is 7.88. The summed E-state index contributed by atoms with van der Waals surface area (Å²) in [5, 5.41) is 0. The van der Waals surface area contributed by atoms with Crippen LogP contribution in [0.2, 0.25) is 0 Å². The lowest BCUT2D eigenvalue weighted by atomic mass is 10.0. The molecule has 1 aromatic rings. The fraction of sp³-hybridized carbons (Fsp3) is 0.625. The number of benzene rings is 1. The molecule has 1 aromatic carbocycles. The zero-order valence-electron chi connectivity index (χ0n) is 13.7. The molecule has 22 heavy (non-hydrogen) atoms. The summed E-state index contributed by atoms with van der Waals surface area (Å²) in [7, 11) is 0.572. The van der Waals surface area contributed by atoms with Crippen LogP contribution < -0.4 is 4.72 Å². The van der Waals surface area contributed by atoms with Crippen LogP contribution in [0.3, 0.4) is 0 Å². The van der Waals surface area contributed by atoms with E-state index in [-0.39, 0.29) is 6.04 Å². The Kier molecular flexibility index (Phi) is 5.97. The molecular weight excluding hydrogens is 298 g/mol. The van der Waals surface area contributed by atoms with Crippen molar-refractivity contribution < 1.29 is 8.42 Å². The third kappa shape index (κ3) is 4.52. The van der Waals surface area contributed by atoms with Crippen molar-refractivity contribution in [3.63, 3.8) is 0 Å². The number of nitrogens with zero attached hydrogens (tertiary/aromatic N) is 2. The van der Waals surface area contributed by atoms with Gasteiger partial charge >= 0.3 is 0 Å². The molecule has 1 fully saturated rings. The number of rotatable bonds is 6. The van der Waals surface area contributed by atoms with Gasteiger partial charge in [-0.3, -0.25) is 0 Å². The highest BCUT2D eigenvalue weighted by molar-refractivity contribution is 7.87. The van der Waals surface area contributed by atoms with Gasteiger partial charge in [0, 0.05) is 25.7 Å². The minimum Gasteiger partial charge on any atom is -0.301 e. The topological polar surface area (TPSA) is 52.7 Å². The molecule has 0 radical (unpaired) electrons. The fourth-order valence-electron chi connectivity index (χ4n) is 2.77. The molecule has 1 unspecified atom stereocenters. The first-order chi connectivity index (χ1) is 10.4. The molecule has 124 valence electrons. The predicted octanol–water partition coefficient (Wildman–Crippen LogP) is 1.92. The van der Waals surface area contributed by atoms with E-state index in [2.05, 4.69) is 29.0 Å². The van der Waals surface area contributed by atoms with Crippen LogP contribution in [-0.4, -0.2) is 51.4 Å². The van der Waals surface area contributed by atoms with Crippen LogP contribution >= 0.6 is 0 Å². The first kappa shape index (κ1) is 17.4. The van der Waals surface area contributed by atoms with Gasteiger partial charge in [-0.1, -0.05) is 36.2 Å². The lowest BCUT2D eigenvalue weighted by Gasteiger charge is -2.29. The number of hydrogen-bond acceptors (Lipinski definition) is 3. The number of hydrogen-bond donors (Lipinski definition) is 1. The molecule has 2 rings (SSSR count). The van der Waals surface area contributed by atoms with E-state index in [0.717, 1.165) is 24.8 Å². The van der Waals surface area contributed by atoms with Crippen LogP contribution in [0, 0.1) is 6.92 Å². The molecular formula is C16H27N3O2S. The molecule has 0 spiro atoms. The van der Waals surface area contributed by atoms with Gasteiger partial charge in [-0.05, 0) is 39.4 Å². The van der Waals surface area contributed by atoms with Crippen LogP contribution in [0.4, 0.5) is 0 Å². The molecule has 1 atom stereocenters. The van der Waals surface area contributed by atoms with Crippen molar-refractivity contribution in [2.45, 2.75) is 32.2 Å². The van der Waals surface area contributed by atoms with Crippen molar-refractivity contribution in [1.29, 1.82) is 0 Å². The zero-order chi connectivity index (χ0) is 16.2. The molecule has 1 aliphatic heterocycles. The summed E-state index contributed by atoms with van der Waals surface area (Å²) in [6, 6.07) is 8.28. The van der Waals surface area contributed by atoms with Crippen LogP contribution in [0.5, 0.6) is 0 Å². The maximum absolute atomic E-state index is 12.4. The quantitative estimate of drug-likeness (QED) is 0.869. The maximum atomic E-state index is 12.4. The van der Waals surface area contributed by atoms with Crippen LogP contribution in [0.25, 0.3) is 0 Å². The summed E-state index contributed by atoms with van der Waals surface area (Å²) in [4.78, 5) is 2.05. The van der Waals surface area contributed by atoms with Gasteiger partial charge in [-0.15, -0.1) is 0 Å². The van der Waals surface area contributed by atoms with Crippen molar-refractivity contribution in [2.24, 2.45) is 0 Å². The Morgan fingerprint density at radius 2 is 1.73 bits per heavy atom. The van der Waals surface area contributed by atoms with Gasteiger partial charge in [-0.2, -0.15) is 12.7 Å². The Balaban J connectivity index is 2.03. The monoisotopic (exact) mass is 325 g/mol. The van der Waals surface area contributed by atoms with E-state index in [4.69, 9.17) is 0 Å². The average Bonchev–Trinajstić information content (AvgIpc) is 2.50. The summed E-state index contributed by atoms with van der Waals surface area (Å²) >= 11 is 0. The van der Waals surface area contributed by atoms with Gasteiger partial charge < -0.3 is 4.90 Å². The highest BCUT2D eigenvalue weighted by atomic mass is 32.2. The van der Waals surface area contributed by atoms with E-state index in [1.807, 2.05) is 25.9 Å². The molecule has 0 bridgehead atoms. The lowest BCUT2D eigenvalue weighted by Crippen LogP contribution is -2.45. The summed E-state index contributed by atoms with van der Waals surface area (Å²) in [5.41, 5.74) is 2.33. The normalized spacial score (nSPS) is 18.5. The molecule has 6 heteroatoms. The van der Waals surface area contributed by atoms with E-state index >= 15 is 0 Å². The zero-order valence-corrected chi connectivity index (χ0v) is 14.6. The second-order valence-electron chi connectivity index (χ2n) is 6.20. The van der Waals surface area contributed by atoms with Crippen LogP contribution in [-0.2, 0) is 10.2 Å². The molecule has 1 N–H and O–H groups in total. The van der Waals surface area contributed by atoms with E-state index < -0.39 is 10.2 Å². The maximum Gasteiger partial charge on any atom is 0.279 e. The molecule has 0 amide bonds. The first-order valence-corrected chi connectivity index (χ1v) is 9.32. The summed E-state index contributed by atoms with van der Waals surface area (Å²) in [6.45, 7) is 3.70. The van der Waals surface area contributed by atoms with E-state index in [1.165, 1.54) is 5.56 Å². The number of aryl methyl sites for hydroxylation is 1. The minimum absolute atomic E-state index is 0.0279. The van der Waals surface area contributed by atoms with Crippen molar-refractivity contribution in [1.82, 2.24) is 13.9 Å². The molecule has 0 aromatic heterocycles. The van der Waals surface area contributed by atoms with Crippen LogP contribution in [0.15, 0.2) is 24.3 Å². The van der Waals surface area contributed by atoms with Gasteiger partial charge in [0.2, 0.25) is 0 Å². The number of nitrogens with one attached hydrogen (secondary N) is 1. The van der Waals surface area contributed by atoms with Crippen molar-refractivity contribution in [2.75, 3.05) is 33.7 Å². The summed E-state index contributed by atoms with van der Waals surface area (Å²) in [5.74, 6) is 0. The average molecular weight is 325 g/mol. The van der Waals surface area contributed by atoms with Crippen molar-refractivity contribution in [3.8, 4) is 0 Å². The van der Waals surface area contributed by atoms with Gasteiger partial charge in [0.05, 0.1) is 0 Å². The standard InChI is InChI=1S/C16H27N3O2S/c1-14-7-9-15(10-8-14)16(18(2)3)13-17-22(20,21)19-11-5-4-6-12-19/h7-10,16-17H,4-6,11-13H2,1-3H3. The SMILES string of the molecule is Cc1ccc(C(CNS(=O)(=O)N2CCCCC2)N(C)C)cc1. The van der Waals surface area contributed by atoms with Crippen molar-refractivity contribution >= 4 is 10.2 Å². The highest BCUT2D eigenvalue weighted by Crippen LogP contribution is 2.19.